The van der Waals surface area contributed by atoms with Gasteiger partial charge in [0, 0.05) is 24.1 Å². The molecule has 2 aromatic rings. The molecule has 0 unspecified atom stereocenters. The van der Waals surface area contributed by atoms with Gasteiger partial charge in [-0.3, -0.25) is 4.79 Å². The Balaban J connectivity index is 0.00000205. The minimum atomic E-state index is -0.0179. The van der Waals surface area contributed by atoms with Crippen LogP contribution in [0.3, 0.4) is 0 Å². The van der Waals surface area contributed by atoms with Gasteiger partial charge in [0.05, 0.1) is 19.3 Å². The zero-order chi connectivity index (χ0) is 18.9. The van der Waals surface area contributed by atoms with E-state index in [1.54, 1.807) is 6.07 Å². The number of fused-ring (bicyclic) bond motifs is 2. The average molecular weight is 423 g/mol. The second kappa shape index (κ2) is 8.56. The molecule has 29 heavy (non-hydrogen) atoms. The highest BCUT2D eigenvalue weighted by molar-refractivity contribution is 5.85. The predicted octanol–water partition coefficient (Wildman–Crippen LogP) is 1.66. The zero-order valence-corrected chi connectivity index (χ0v) is 16.6. The summed E-state index contributed by atoms with van der Waals surface area (Å²) in [4.78, 5) is 16.9. The van der Waals surface area contributed by atoms with Crippen molar-refractivity contribution in [3.05, 3.63) is 24.0 Å². The molecule has 1 aromatic heterocycles. The van der Waals surface area contributed by atoms with Gasteiger partial charge in [-0.1, -0.05) is 5.16 Å². The van der Waals surface area contributed by atoms with Crippen molar-refractivity contribution in [2.75, 3.05) is 19.9 Å². The van der Waals surface area contributed by atoms with Crippen LogP contribution in [0.15, 0.2) is 22.7 Å². The van der Waals surface area contributed by atoms with E-state index in [0.29, 0.717) is 23.2 Å². The van der Waals surface area contributed by atoms with Crippen LogP contribution in [-0.4, -0.2) is 48.1 Å². The monoisotopic (exact) mass is 422 g/mol. The molecular formula is C19H23ClN4O5. The fraction of sp³-hybridized carbons (Fsp3) is 0.526. The van der Waals surface area contributed by atoms with Crippen molar-refractivity contribution in [2.24, 2.45) is 5.92 Å². The zero-order valence-electron chi connectivity index (χ0n) is 15.8. The Bertz CT molecular complexity index is 876. The van der Waals surface area contributed by atoms with Gasteiger partial charge in [-0.15, -0.1) is 12.4 Å². The molecule has 9 nitrogen and oxygen atoms in total. The summed E-state index contributed by atoms with van der Waals surface area (Å²) in [5.74, 6) is 2.18. The summed E-state index contributed by atoms with van der Waals surface area (Å²) < 4.78 is 21.8. The van der Waals surface area contributed by atoms with Gasteiger partial charge in [0.15, 0.2) is 17.3 Å². The van der Waals surface area contributed by atoms with Crippen molar-refractivity contribution < 1.29 is 23.5 Å². The lowest BCUT2D eigenvalue weighted by Gasteiger charge is -2.39. The van der Waals surface area contributed by atoms with Crippen molar-refractivity contribution in [1.82, 2.24) is 20.8 Å². The first-order chi connectivity index (χ1) is 13.8. The van der Waals surface area contributed by atoms with Crippen LogP contribution in [0.25, 0.3) is 11.5 Å². The number of carbonyl (C=O) groups is 1. The molecule has 10 heteroatoms. The average Bonchev–Trinajstić information content (AvgIpc) is 3.40. The van der Waals surface area contributed by atoms with Crippen molar-refractivity contribution in [2.45, 2.75) is 38.0 Å². The quantitative estimate of drug-likeness (QED) is 0.766. The van der Waals surface area contributed by atoms with Gasteiger partial charge >= 0.3 is 0 Å². The standard InChI is InChI=1S/C19H22N4O5.ClH/c24-18(11-1-3-14-13(7-11)20-5-6-25-14)21-9-17-22-19(28-23-17)12-2-4-15-16(8-12)27-10-26-15;/h2,4,8,11,13-14,20H,1,3,5-7,9-10H2,(H,21,24);1H/t11-,13+,14+;/m0./s1. The number of benzene rings is 1. The lowest BCUT2D eigenvalue weighted by atomic mass is 9.82. The van der Waals surface area contributed by atoms with Crippen LogP contribution in [0, 0.1) is 5.92 Å². The van der Waals surface area contributed by atoms with Gasteiger partial charge in [-0.2, -0.15) is 4.98 Å². The molecule has 2 N–H and O–H groups in total. The van der Waals surface area contributed by atoms with Gasteiger partial charge in [0.1, 0.15) is 0 Å². The smallest absolute Gasteiger partial charge is 0.258 e. The summed E-state index contributed by atoms with van der Waals surface area (Å²) in [5, 5.41) is 10.4. The molecule has 1 saturated carbocycles. The molecule has 5 rings (SSSR count). The maximum Gasteiger partial charge on any atom is 0.258 e. The second-order valence-corrected chi connectivity index (χ2v) is 7.28. The molecule has 3 aliphatic rings. The predicted molar refractivity (Wildman–Crippen MR) is 104 cm³/mol. The molecule has 3 heterocycles. The van der Waals surface area contributed by atoms with Crippen molar-refractivity contribution in [1.29, 1.82) is 0 Å². The molecule has 0 spiro atoms. The third-order valence-electron chi connectivity index (χ3n) is 5.51. The Hall–Kier alpha value is -2.36. The summed E-state index contributed by atoms with van der Waals surface area (Å²) in [5.41, 5.74) is 0.746. The van der Waals surface area contributed by atoms with E-state index >= 15 is 0 Å². The fourth-order valence-corrected chi connectivity index (χ4v) is 4.03. The van der Waals surface area contributed by atoms with Crippen molar-refractivity contribution >= 4 is 18.3 Å². The Labute approximate surface area is 173 Å². The Kier molecular flexibility index (Phi) is 5.89. The number of aromatic nitrogens is 2. The summed E-state index contributed by atoms with van der Waals surface area (Å²) in [6.45, 7) is 2.05. The molecule has 156 valence electrons. The van der Waals surface area contributed by atoms with E-state index in [0.717, 1.165) is 38.0 Å². The molecule has 0 radical (unpaired) electrons. The molecular weight excluding hydrogens is 400 g/mol. The van der Waals surface area contributed by atoms with Crippen molar-refractivity contribution in [3.8, 4) is 23.0 Å². The SMILES string of the molecule is Cl.O=C(NCc1noc(-c2ccc3c(c2)OCO3)n1)[C@H]1CC[C@H]2OCCN[C@@H]2C1. The molecule has 1 saturated heterocycles. The topological polar surface area (TPSA) is 108 Å². The molecule has 3 atom stereocenters. The van der Waals surface area contributed by atoms with Gasteiger partial charge in [-0.25, -0.2) is 0 Å². The Morgan fingerprint density at radius 2 is 2.14 bits per heavy atom. The Morgan fingerprint density at radius 3 is 3.07 bits per heavy atom. The highest BCUT2D eigenvalue weighted by Crippen LogP contribution is 2.35. The van der Waals surface area contributed by atoms with E-state index in [1.807, 2.05) is 12.1 Å². The third kappa shape index (κ3) is 4.17. The van der Waals surface area contributed by atoms with Crippen molar-refractivity contribution in [3.63, 3.8) is 0 Å². The van der Waals surface area contributed by atoms with E-state index in [2.05, 4.69) is 20.8 Å². The van der Waals surface area contributed by atoms with Crippen LogP contribution in [0.1, 0.15) is 25.1 Å². The summed E-state index contributed by atoms with van der Waals surface area (Å²) in [6, 6.07) is 5.71. The maximum absolute atomic E-state index is 12.6. The molecule has 1 aliphatic carbocycles. The Morgan fingerprint density at radius 1 is 1.24 bits per heavy atom. The van der Waals surface area contributed by atoms with Gasteiger partial charge < -0.3 is 29.4 Å². The number of hydrogen-bond donors (Lipinski definition) is 2. The largest absolute Gasteiger partial charge is 0.454 e. The highest BCUT2D eigenvalue weighted by Gasteiger charge is 2.35. The summed E-state index contributed by atoms with van der Waals surface area (Å²) >= 11 is 0. The lowest BCUT2D eigenvalue weighted by Crippen LogP contribution is -2.53. The highest BCUT2D eigenvalue weighted by atomic mass is 35.5. The molecule has 2 aliphatic heterocycles. The number of hydrogen-bond acceptors (Lipinski definition) is 8. The second-order valence-electron chi connectivity index (χ2n) is 7.28. The van der Waals surface area contributed by atoms with Gasteiger partial charge in [0.2, 0.25) is 12.7 Å². The van der Waals surface area contributed by atoms with Crippen LogP contribution in [0.5, 0.6) is 11.5 Å². The number of nitrogens with one attached hydrogen (secondary N) is 2. The van der Waals surface area contributed by atoms with E-state index in [4.69, 9.17) is 18.7 Å². The first kappa shape index (κ1) is 19.9. The molecule has 2 fully saturated rings. The maximum atomic E-state index is 12.6. The van der Waals surface area contributed by atoms with E-state index in [9.17, 15) is 4.79 Å². The number of rotatable bonds is 4. The lowest BCUT2D eigenvalue weighted by molar-refractivity contribution is -0.128. The van der Waals surface area contributed by atoms with E-state index in [-0.39, 0.29) is 49.7 Å². The van der Waals surface area contributed by atoms with E-state index < -0.39 is 0 Å². The first-order valence-electron chi connectivity index (χ1n) is 9.61. The summed E-state index contributed by atoms with van der Waals surface area (Å²) in [6.07, 6.45) is 2.78. The minimum absolute atomic E-state index is 0. The van der Waals surface area contributed by atoms with Crippen LogP contribution in [-0.2, 0) is 16.1 Å². The molecule has 0 bridgehead atoms. The molecule has 1 amide bonds. The third-order valence-corrected chi connectivity index (χ3v) is 5.51. The fourth-order valence-electron chi connectivity index (χ4n) is 4.03. The van der Waals surface area contributed by atoms with Gasteiger partial charge in [-0.05, 0) is 37.5 Å². The number of carbonyl (C=O) groups excluding carboxylic acids is 1. The van der Waals surface area contributed by atoms with Crippen LogP contribution >= 0.6 is 12.4 Å². The molecule has 1 aromatic carbocycles. The van der Waals surface area contributed by atoms with E-state index in [1.165, 1.54) is 0 Å². The van der Waals surface area contributed by atoms with Crippen LogP contribution < -0.4 is 20.1 Å². The first-order valence-corrected chi connectivity index (χ1v) is 9.61. The number of halogens is 1. The van der Waals surface area contributed by atoms with Crippen LogP contribution in [0.2, 0.25) is 0 Å². The number of morpholine rings is 1. The van der Waals surface area contributed by atoms with Gasteiger partial charge in [0.25, 0.3) is 5.89 Å². The van der Waals surface area contributed by atoms with Crippen LogP contribution in [0.4, 0.5) is 0 Å². The number of amides is 1. The summed E-state index contributed by atoms with van der Waals surface area (Å²) in [7, 11) is 0. The minimum Gasteiger partial charge on any atom is -0.454 e. The normalized spacial score (nSPS) is 25.0. The number of ether oxygens (including phenoxy) is 3. The number of nitrogens with zero attached hydrogens (tertiary/aromatic N) is 2.